The number of halogens is 2. The van der Waals surface area contributed by atoms with Crippen molar-refractivity contribution >= 4 is 39.2 Å². The summed E-state index contributed by atoms with van der Waals surface area (Å²) >= 11 is 9.37. The Morgan fingerprint density at radius 1 is 1.35 bits per heavy atom. The summed E-state index contributed by atoms with van der Waals surface area (Å²) in [5, 5.41) is 8.03. The van der Waals surface area contributed by atoms with E-state index < -0.39 is 0 Å². The number of nitrogens with one attached hydrogen (secondary N) is 1. The Morgan fingerprint density at radius 3 is 2.83 bits per heavy atom. The predicted molar refractivity (Wildman–Crippen MR) is 94.6 cm³/mol. The third-order valence-electron chi connectivity index (χ3n) is 3.79. The van der Waals surface area contributed by atoms with E-state index in [0.29, 0.717) is 22.3 Å². The quantitative estimate of drug-likeness (QED) is 0.805. The van der Waals surface area contributed by atoms with Gasteiger partial charge in [-0.15, -0.1) is 5.10 Å². The second kappa shape index (κ2) is 7.51. The first-order valence-electron chi connectivity index (χ1n) is 7.60. The van der Waals surface area contributed by atoms with Crippen molar-refractivity contribution < 1.29 is 4.74 Å². The second-order valence-corrected chi connectivity index (χ2v) is 6.64. The lowest BCUT2D eigenvalue weighted by molar-refractivity contribution is 0.238. The first-order valence-corrected chi connectivity index (χ1v) is 8.77. The van der Waals surface area contributed by atoms with Crippen LogP contribution in [0, 0.1) is 0 Å². The maximum atomic E-state index is 6.10. The molecule has 0 aliphatic carbocycles. The fraction of sp³-hybridized carbons (Fsp3) is 0.467. The Bertz CT molecular complexity index is 672. The molecule has 1 aliphatic rings. The van der Waals surface area contributed by atoms with Crippen molar-refractivity contribution in [2.75, 3.05) is 31.6 Å². The number of aryl methyl sites for hydroxylation is 1. The Labute approximate surface area is 148 Å². The SMILES string of the molecule is Cn1nc(Br)nc1Nc1ccc(Cl)cc1OCCN1CCCC1. The molecule has 1 fully saturated rings. The van der Waals surface area contributed by atoms with E-state index in [-0.39, 0.29) is 0 Å². The molecule has 0 atom stereocenters. The lowest BCUT2D eigenvalue weighted by Crippen LogP contribution is -2.25. The third kappa shape index (κ3) is 4.37. The molecule has 23 heavy (non-hydrogen) atoms. The van der Waals surface area contributed by atoms with Gasteiger partial charge in [0.05, 0.1) is 5.69 Å². The largest absolute Gasteiger partial charge is 0.490 e. The van der Waals surface area contributed by atoms with Crippen molar-refractivity contribution in [3.63, 3.8) is 0 Å². The average molecular weight is 401 g/mol. The van der Waals surface area contributed by atoms with E-state index >= 15 is 0 Å². The number of anilines is 2. The van der Waals surface area contributed by atoms with E-state index in [1.165, 1.54) is 12.8 Å². The molecule has 0 unspecified atom stereocenters. The summed E-state index contributed by atoms with van der Waals surface area (Å²) in [6.07, 6.45) is 2.57. The minimum atomic E-state index is 0.535. The molecule has 1 aromatic carbocycles. The van der Waals surface area contributed by atoms with Crippen LogP contribution in [0.3, 0.4) is 0 Å². The Balaban J connectivity index is 1.68. The summed E-state index contributed by atoms with van der Waals surface area (Å²) < 4.78 is 8.14. The highest BCUT2D eigenvalue weighted by Crippen LogP contribution is 2.30. The van der Waals surface area contributed by atoms with Crippen LogP contribution in [0.1, 0.15) is 12.8 Å². The lowest BCUT2D eigenvalue weighted by atomic mass is 10.3. The minimum Gasteiger partial charge on any atom is -0.490 e. The summed E-state index contributed by atoms with van der Waals surface area (Å²) in [5.74, 6) is 1.35. The molecule has 0 spiro atoms. The third-order valence-corrected chi connectivity index (χ3v) is 4.36. The minimum absolute atomic E-state index is 0.535. The van der Waals surface area contributed by atoms with E-state index in [2.05, 4.69) is 36.2 Å². The number of ether oxygens (including phenoxy) is 1. The zero-order valence-electron chi connectivity index (χ0n) is 12.9. The number of hydrogen-bond donors (Lipinski definition) is 1. The van der Waals surface area contributed by atoms with Gasteiger partial charge in [0.2, 0.25) is 10.7 Å². The molecule has 0 amide bonds. The number of nitrogens with zero attached hydrogens (tertiary/aromatic N) is 4. The number of aromatic nitrogens is 3. The van der Waals surface area contributed by atoms with Crippen molar-refractivity contribution in [3.8, 4) is 5.75 Å². The van der Waals surface area contributed by atoms with Gasteiger partial charge in [-0.05, 0) is 54.0 Å². The van der Waals surface area contributed by atoms with Gasteiger partial charge in [-0.2, -0.15) is 4.98 Å². The van der Waals surface area contributed by atoms with Crippen LogP contribution < -0.4 is 10.1 Å². The van der Waals surface area contributed by atoms with Gasteiger partial charge in [0.15, 0.2) is 0 Å². The van der Waals surface area contributed by atoms with Crippen LogP contribution >= 0.6 is 27.5 Å². The molecule has 1 aliphatic heterocycles. The molecular formula is C15H19BrClN5O. The molecule has 0 saturated carbocycles. The summed E-state index contributed by atoms with van der Waals surface area (Å²) in [7, 11) is 1.82. The lowest BCUT2D eigenvalue weighted by Gasteiger charge is -2.17. The first kappa shape index (κ1) is 16.5. The zero-order chi connectivity index (χ0) is 16.2. The van der Waals surface area contributed by atoms with E-state index in [0.717, 1.165) is 31.1 Å². The molecule has 8 heteroatoms. The summed E-state index contributed by atoms with van der Waals surface area (Å²) in [6, 6.07) is 5.53. The average Bonchev–Trinajstić information content (AvgIpc) is 3.12. The van der Waals surface area contributed by atoms with Crippen molar-refractivity contribution in [2.24, 2.45) is 7.05 Å². The fourth-order valence-electron chi connectivity index (χ4n) is 2.59. The van der Waals surface area contributed by atoms with E-state index in [4.69, 9.17) is 16.3 Å². The van der Waals surface area contributed by atoms with Gasteiger partial charge in [0, 0.05) is 24.7 Å². The van der Waals surface area contributed by atoms with Crippen molar-refractivity contribution in [3.05, 3.63) is 28.0 Å². The normalized spacial score (nSPS) is 15.1. The molecule has 2 aromatic rings. The number of hydrogen-bond acceptors (Lipinski definition) is 5. The van der Waals surface area contributed by atoms with Gasteiger partial charge in [0.25, 0.3) is 0 Å². The number of rotatable bonds is 6. The predicted octanol–water partition coefficient (Wildman–Crippen LogP) is 3.45. The van der Waals surface area contributed by atoms with Crippen molar-refractivity contribution in [1.29, 1.82) is 0 Å². The Hall–Kier alpha value is -1.31. The standard InChI is InChI=1S/C15H19BrClN5O/c1-21-15(19-14(16)20-21)18-12-5-4-11(17)10-13(12)23-9-8-22-6-2-3-7-22/h4-5,10H,2-3,6-9H2,1H3,(H,18,19,20). The monoisotopic (exact) mass is 399 g/mol. The molecular weight excluding hydrogens is 382 g/mol. The molecule has 3 rings (SSSR count). The first-order chi connectivity index (χ1) is 11.1. The van der Waals surface area contributed by atoms with Crippen LogP contribution in [0.5, 0.6) is 5.75 Å². The van der Waals surface area contributed by atoms with Gasteiger partial charge in [-0.25, -0.2) is 4.68 Å². The maximum absolute atomic E-state index is 6.10. The zero-order valence-corrected chi connectivity index (χ0v) is 15.3. The molecule has 0 bridgehead atoms. The van der Waals surface area contributed by atoms with Crippen molar-refractivity contribution in [1.82, 2.24) is 19.7 Å². The van der Waals surface area contributed by atoms with Crippen LogP contribution in [0.25, 0.3) is 0 Å². The highest BCUT2D eigenvalue weighted by Gasteiger charge is 2.13. The smallest absolute Gasteiger partial charge is 0.226 e. The van der Waals surface area contributed by atoms with Gasteiger partial charge >= 0.3 is 0 Å². The van der Waals surface area contributed by atoms with Crippen molar-refractivity contribution in [2.45, 2.75) is 12.8 Å². The molecule has 2 heterocycles. The highest BCUT2D eigenvalue weighted by atomic mass is 79.9. The highest BCUT2D eigenvalue weighted by molar-refractivity contribution is 9.10. The van der Waals surface area contributed by atoms with E-state index in [1.807, 2.05) is 25.2 Å². The molecule has 6 nitrogen and oxygen atoms in total. The number of likely N-dealkylation sites (tertiary alicyclic amines) is 1. The topological polar surface area (TPSA) is 55.2 Å². The van der Waals surface area contributed by atoms with Crippen LogP contribution in [0.4, 0.5) is 11.6 Å². The molecule has 0 radical (unpaired) electrons. The van der Waals surface area contributed by atoms with Crippen LogP contribution in [0.2, 0.25) is 5.02 Å². The summed E-state index contributed by atoms with van der Waals surface area (Å²) in [5.41, 5.74) is 0.818. The van der Waals surface area contributed by atoms with Crippen LogP contribution in [-0.2, 0) is 7.05 Å². The molecule has 1 saturated heterocycles. The van der Waals surface area contributed by atoms with Gasteiger partial charge in [0.1, 0.15) is 12.4 Å². The van der Waals surface area contributed by atoms with Crippen LogP contribution in [0.15, 0.2) is 22.9 Å². The second-order valence-electron chi connectivity index (χ2n) is 5.49. The fourth-order valence-corrected chi connectivity index (χ4v) is 3.16. The van der Waals surface area contributed by atoms with Gasteiger partial charge in [-0.1, -0.05) is 11.6 Å². The van der Waals surface area contributed by atoms with Crippen LogP contribution in [-0.4, -0.2) is 45.9 Å². The van der Waals surface area contributed by atoms with Gasteiger partial charge < -0.3 is 10.1 Å². The van der Waals surface area contributed by atoms with E-state index in [9.17, 15) is 0 Å². The molecule has 1 aromatic heterocycles. The summed E-state index contributed by atoms with van der Waals surface area (Å²) in [6.45, 7) is 3.90. The molecule has 124 valence electrons. The Kier molecular flexibility index (Phi) is 5.40. The van der Waals surface area contributed by atoms with E-state index in [1.54, 1.807) is 4.68 Å². The Morgan fingerprint density at radius 2 is 2.13 bits per heavy atom. The van der Waals surface area contributed by atoms with Gasteiger partial charge in [-0.3, -0.25) is 4.90 Å². The molecule has 1 N–H and O–H groups in total. The number of benzene rings is 1. The maximum Gasteiger partial charge on any atom is 0.226 e. The summed E-state index contributed by atoms with van der Waals surface area (Å²) in [4.78, 5) is 6.69.